The third-order valence-electron chi connectivity index (χ3n) is 5.23. The molecule has 30 heavy (non-hydrogen) atoms. The number of carbonyl (C=O) groups is 2. The van der Waals surface area contributed by atoms with Gasteiger partial charge in [0.1, 0.15) is 10.7 Å². The zero-order valence-electron chi connectivity index (χ0n) is 16.8. The van der Waals surface area contributed by atoms with E-state index in [1.807, 2.05) is 31.2 Å². The van der Waals surface area contributed by atoms with E-state index in [1.54, 1.807) is 13.1 Å². The lowest BCUT2D eigenvalue weighted by Crippen LogP contribution is -2.35. The number of carbonyl (C=O) groups excluding carboxylic acids is 2. The Bertz CT molecular complexity index is 1120. The van der Waals surface area contributed by atoms with Crippen LogP contribution in [0.5, 0.6) is 0 Å². The van der Waals surface area contributed by atoms with Crippen molar-refractivity contribution in [3.05, 3.63) is 46.7 Å². The van der Waals surface area contributed by atoms with E-state index in [1.165, 1.54) is 23.3 Å². The van der Waals surface area contributed by atoms with Crippen LogP contribution in [0.25, 0.3) is 21.8 Å². The monoisotopic (exact) mass is 427 g/mol. The standard InChI is InChI=1S/C21H21N3O5S/c1-4-15-17(19(25)28-3)22-18(30-15)13-7-5-6-12(10-13)14-11-16(29-23-14)21(27)8-9-24(2)20(21)26/h5-7,10-11,27H,4,8-9H2,1-3H3. The van der Waals surface area contributed by atoms with E-state index in [2.05, 4.69) is 10.1 Å². The second-order valence-corrected chi connectivity index (χ2v) is 8.21. The van der Waals surface area contributed by atoms with Gasteiger partial charge in [0.25, 0.3) is 5.91 Å². The topological polar surface area (TPSA) is 106 Å². The number of benzene rings is 1. The van der Waals surface area contributed by atoms with Crippen molar-refractivity contribution in [1.29, 1.82) is 0 Å². The number of aryl methyl sites for hydroxylation is 1. The molecule has 9 heteroatoms. The van der Waals surface area contributed by atoms with E-state index in [-0.39, 0.29) is 12.2 Å². The van der Waals surface area contributed by atoms with Gasteiger partial charge in [0.2, 0.25) is 5.60 Å². The lowest BCUT2D eigenvalue weighted by molar-refractivity contribution is -0.144. The molecule has 1 N–H and O–H groups in total. The normalized spacial score (nSPS) is 18.8. The van der Waals surface area contributed by atoms with Crippen LogP contribution in [-0.4, -0.2) is 52.7 Å². The van der Waals surface area contributed by atoms with Gasteiger partial charge in [0, 0.05) is 42.1 Å². The Hall–Kier alpha value is -3.04. The molecule has 0 bridgehead atoms. The first-order chi connectivity index (χ1) is 14.4. The molecule has 3 heterocycles. The van der Waals surface area contributed by atoms with Crippen molar-refractivity contribution in [3.8, 4) is 21.8 Å². The first-order valence-corrected chi connectivity index (χ1v) is 10.3. The number of ether oxygens (including phenoxy) is 1. The number of esters is 1. The minimum atomic E-state index is -1.68. The summed E-state index contributed by atoms with van der Waals surface area (Å²) in [5.74, 6) is -0.719. The summed E-state index contributed by atoms with van der Waals surface area (Å²) in [6, 6.07) is 9.08. The van der Waals surface area contributed by atoms with Crippen molar-refractivity contribution in [2.45, 2.75) is 25.4 Å². The number of rotatable bonds is 5. The molecule has 156 valence electrons. The highest BCUT2D eigenvalue weighted by atomic mass is 32.1. The SMILES string of the molecule is CCc1sc(-c2cccc(-c3cc(C4(O)CCN(C)C4=O)on3)c2)nc1C(=O)OC. The van der Waals surface area contributed by atoms with Crippen LogP contribution in [-0.2, 0) is 21.6 Å². The molecular formula is C21H21N3O5S. The summed E-state index contributed by atoms with van der Waals surface area (Å²) in [7, 11) is 2.98. The van der Waals surface area contributed by atoms with Gasteiger partial charge in [-0.1, -0.05) is 30.3 Å². The summed E-state index contributed by atoms with van der Waals surface area (Å²) >= 11 is 1.44. The second kappa shape index (κ2) is 7.66. The molecule has 0 spiro atoms. The number of hydrogen-bond donors (Lipinski definition) is 1. The van der Waals surface area contributed by atoms with Gasteiger partial charge in [-0.3, -0.25) is 4.79 Å². The third kappa shape index (κ3) is 3.29. The van der Waals surface area contributed by atoms with Crippen LogP contribution < -0.4 is 0 Å². The number of methoxy groups -OCH3 is 1. The molecule has 1 aliphatic rings. The summed E-state index contributed by atoms with van der Waals surface area (Å²) in [5.41, 5.74) is 0.724. The summed E-state index contributed by atoms with van der Waals surface area (Å²) in [6.07, 6.45) is 0.932. The average molecular weight is 427 g/mol. The fourth-order valence-corrected chi connectivity index (χ4v) is 4.46. The Balaban J connectivity index is 1.67. The van der Waals surface area contributed by atoms with E-state index in [0.29, 0.717) is 29.4 Å². The maximum atomic E-state index is 12.3. The van der Waals surface area contributed by atoms with Crippen molar-refractivity contribution >= 4 is 23.2 Å². The largest absolute Gasteiger partial charge is 0.464 e. The highest BCUT2D eigenvalue weighted by molar-refractivity contribution is 7.15. The van der Waals surface area contributed by atoms with Crippen molar-refractivity contribution < 1.29 is 24.0 Å². The van der Waals surface area contributed by atoms with Crippen LogP contribution in [0.2, 0.25) is 0 Å². The first kappa shape index (κ1) is 20.2. The molecule has 1 fully saturated rings. The molecule has 2 aromatic heterocycles. The number of nitrogens with zero attached hydrogens (tertiary/aromatic N) is 3. The van der Waals surface area contributed by atoms with Gasteiger partial charge in [-0.15, -0.1) is 11.3 Å². The Morgan fingerprint density at radius 3 is 2.80 bits per heavy atom. The van der Waals surface area contributed by atoms with Crippen LogP contribution in [0.3, 0.4) is 0 Å². The number of amides is 1. The Morgan fingerprint density at radius 1 is 1.37 bits per heavy atom. The van der Waals surface area contributed by atoms with E-state index in [0.717, 1.165) is 16.0 Å². The van der Waals surface area contributed by atoms with Crippen molar-refractivity contribution in [3.63, 3.8) is 0 Å². The van der Waals surface area contributed by atoms with Crippen LogP contribution in [0.15, 0.2) is 34.9 Å². The molecule has 1 unspecified atom stereocenters. The fourth-order valence-electron chi connectivity index (χ4n) is 3.47. The highest BCUT2D eigenvalue weighted by Gasteiger charge is 2.48. The predicted molar refractivity (Wildman–Crippen MR) is 110 cm³/mol. The lowest BCUT2D eigenvalue weighted by atomic mass is 9.98. The molecule has 8 nitrogen and oxygen atoms in total. The van der Waals surface area contributed by atoms with Gasteiger partial charge in [-0.25, -0.2) is 9.78 Å². The van der Waals surface area contributed by atoms with Gasteiger partial charge in [0.05, 0.1) is 7.11 Å². The zero-order valence-corrected chi connectivity index (χ0v) is 17.7. The van der Waals surface area contributed by atoms with Crippen molar-refractivity contribution in [2.24, 2.45) is 0 Å². The molecule has 4 rings (SSSR count). The number of aliphatic hydroxyl groups is 1. The lowest BCUT2D eigenvalue weighted by Gasteiger charge is -2.16. The zero-order chi connectivity index (χ0) is 21.5. The highest BCUT2D eigenvalue weighted by Crippen LogP contribution is 2.36. The van der Waals surface area contributed by atoms with Gasteiger partial charge in [-0.2, -0.15) is 0 Å². The minimum absolute atomic E-state index is 0.132. The Kier molecular flexibility index (Phi) is 5.17. The van der Waals surface area contributed by atoms with Gasteiger partial charge in [-0.05, 0) is 12.5 Å². The first-order valence-electron chi connectivity index (χ1n) is 9.51. The summed E-state index contributed by atoms with van der Waals surface area (Å²) < 4.78 is 10.2. The molecule has 0 aliphatic carbocycles. The summed E-state index contributed by atoms with van der Waals surface area (Å²) in [4.78, 5) is 31.1. The maximum absolute atomic E-state index is 12.3. The van der Waals surface area contributed by atoms with Crippen LogP contribution in [0.4, 0.5) is 0 Å². The van der Waals surface area contributed by atoms with E-state index < -0.39 is 17.5 Å². The minimum Gasteiger partial charge on any atom is -0.464 e. The number of likely N-dealkylation sites (tertiary alicyclic amines) is 1. The fraction of sp³-hybridized carbons (Fsp3) is 0.333. The van der Waals surface area contributed by atoms with Crippen molar-refractivity contribution in [2.75, 3.05) is 20.7 Å². The quantitative estimate of drug-likeness (QED) is 0.624. The molecular weight excluding hydrogens is 406 g/mol. The third-order valence-corrected chi connectivity index (χ3v) is 6.48. The predicted octanol–water partition coefficient (Wildman–Crippen LogP) is 2.86. The number of thiazole rings is 1. The Morgan fingerprint density at radius 2 is 2.13 bits per heavy atom. The molecule has 1 saturated heterocycles. The van der Waals surface area contributed by atoms with E-state index in [9.17, 15) is 14.7 Å². The van der Waals surface area contributed by atoms with Crippen LogP contribution >= 0.6 is 11.3 Å². The number of likely N-dealkylation sites (N-methyl/N-ethyl adjacent to an activating group) is 1. The number of aromatic nitrogens is 2. The molecule has 1 atom stereocenters. The van der Waals surface area contributed by atoms with Crippen LogP contribution in [0, 0.1) is 0 Å². The summed E-state index contributed by atoms with van der Waals surface area (Å²) in [6.45, 7) is 2.41. The molecule has 0 radical (unpaired) electrons. The smallest absolute Gasteiger partial charge is 0.357 e. The Labute approximate surface area is 177 Å². The number of hydrogen-bond acceptors (Lipinski definition) is 8. The van der Waals surface area contributed by atoms with E-state index in [4.69, 9.17) is 9.26 Å². The van der Waals surface area contributed by atoms with E-state index >= 15 is 0 Å². The molecule has 0 saturated carbocycles. The summed E-state index contributed by atoms with van der Waals surface area (Å²) in [5, 5.41) is 15.5. The van der Waals surface area contributed by atoms with Crippen LogP contribution in [0.1, 0.15) is 34.5 Å². The molecule has 1 aromatic carbocycles. The molecule has 1 amide bonds. The van der Waals surface area contributed by atoms with Crippen molar-refractivity contribution in [1.82, 2.24) is 15.0 Å². The van der Waals surface area contributed by atoms with Gasteiger partial charge < -0.3 is 19.3 Å². The maximum Gasteiger partial charge on any atom is 0.357 e. The van der Waals surface area contributed by atoms with Gasteiger partial charge in [0.15, 0.2) is 11.5 Å². The molecule has 1 aliphatic heterocycles. The average Bonchev–Trinajstić information content (AvgIpc) is 3.49. The second-order valence-electron chi connectivity index (χ2n) is 7.13. The molecule has 3 aromatic rings. The van der Waals surface area contributed by atoms with Gasteiger partial charge >= 0.3 is 5.97 Å².